The van der Waals surface area contributed by atoms with Crippen molar-refractivity contribution >= 4 is 45.7 Å². The summed E-state index contributed by atoms with van der Waals surface area (Å²) in [6, 6.07) is 25.8. The normalized spacial score (nSPS) is 15.8. The lowest BCUT2D eigenvalue weighted by Gasteiger charge is -2.25. The SMILES string of the molecule is Cc1ccc(N2C(=O)CSC2c2ccc(NC(=O)c3cccc4ccccc34)cc2)cc1F. The number of carbonyl (C=O) groups excluding carboxylic acids is 2. The molecular formula is C27H21FN2O2S. The van der Waals surface area contributed by atoms with Crippen LogP contribution >= 0.6 is 11.8 Å². The lowest BCUT2D eigenvalue weighted by Crippen LogP contribution is -2.28. The average Bonchev–Trinajstić information content (AvgIpc) is 3.22. The number of carbonyl (C=O) groups is 2. The molecule has 1 atom stereocenters. The van der Waals surface area contributed by atoms with E-state index in [2.05, 4.69) is 5.32 Å². The Morgan fingerprint density at radius 3 is 2.55 bits per heavy atom. The molecule has 1 N–H and O–H groups in total. The number of hydrogen-bond acceptors (Lipinski definition) is 3. The Morgan fingerprint density at radius 1 is 1.00 bits per heavy atom. The van der Waals surface area contributed by atoms with E-state index < -0.39 is 0 Å². The molecular weight excluding hydrogens is 435 g/mol. The molecule has 6 heteroatoms. The van der Waals surface area contributed by atoms with Gasteiger partial charge in [0.25, 0.3) is 5.91 Å². The summed E-state index contributed by atoms with van der Waals surface area (Å²) in [5, 5.41) is 4.62. The number of fused-ring (bicyclic) bond motifs is 1. The first kappa shape index (κ1) is 21.2. The van der Waals surface area contributed by atoms with Crippen molar-refractivity contribution in [1.82, 2.24) is 0 Å². The number of hydrogen-bond donors (Lipinski definition) is 1. The van der Waals surface area contributed by atoms with Crippen LogP contribution < -0.4 is 10.2 Å². The van der Waals surface area contributed by atoms with Gasteiger partial charge in [-0.1, -0.05) is 54.6 Å². The molecule has 2 amide bonds. The third kappa shape index (κ3) is 4.10. The molecule has 4 nitrogen and oxygen atoms in total. The van der Waals surface area contributed by atoms with Crippen LogP contribution in [0.1, 0.15) is 26.9 Å². The van der Waals surface area contributed by atoms with Crippen molar-refractivity contribution in [3.63, 3.8) is 0 Å². The van der Waals surface area contributed by atoms with Crippen LogP contribution in [0, 0.1) is 12.7 Å². The van der Waals surface area contributed by atoms with Crippen LogP contribution in [0.25, 0.3) is 10.8 Å². The fourth-order valence-corrected chi connectivity index (χ4v) is 5.21. The monoisotopic (exact) mass is 456 g/mol. The zero-order valence-electron chi connectivity index (χ0n) is 17.9. The Bertz CT molecular complexity index is 1370. The second-order valence-electron chi connectivity index (χ2n) is 7.96. The molecule has 0 aromatic heterocycles. The number of nitrogens with one attached hydrogen (secondary N) is 1. The van der Waals surface area contributed by atoms with E-state index in [-0.39, 0.29) is 23.0 Å². The van der Waals surface area contributed by atoms with Crippen molar-refractivity contribution in [2.45, 2.75) is 12.3 Å². The fourth-order valence-electron chi connectivity index (χ4n) is 4.03. The first-order valence-corrected chi connectivity index (χ1v) is 11.6. The number of thioether (sulfide) groups is 1. The van der Waals surface area contributed by atoms with E-state index in [9.17, 15) is 14.0 Å². The van der Waals surface area contributed by atoms with Gasteiger partial charge in [-0.05, 0) is 59.2 Å². The van der Waals surface area contributed by atoms with Crippen LogP contribution in [0.15, 0.2) is 84.9 Å². The lowest BCUT2D eigenvalue weighted by molar-refractivity contribution is -0.115. The fraction of sp³-hybridized carbons (Fsp3) is 0.111. The van der Waals surface area contributed by atoms with Crippen LogP contribution in [-0.2, 0) is 4.79 Å². The van der Waals surface area contributed by atoms with E-state index in [1.807, 2.05) is 66.7 Å². The summed E-state index contributed by atoms with van der Waals surface area (Å²) in [5.74, 6) is -0.231. The molecule has 0 aliphatic carbocycles. The summed E-state index contributed by atoms with van der Waals surface area (Å²) < 4.78 is 14.1. The Kier molecular flexibility index (Phi) is 5.60. The van der Waals surface area contributed by atoms with Crippen molar-refractivity contribution in [2.75, 3.05) is 16.0 Å². The molecule has 4 aromatic carbocycles. The summed E-state index contributed by atoms with van der Waals surface area (Å²) in [7, 11) is 0. The smallest absolute Gasteiger partial charge is 0.256 e. The van der Waals surface area contributed by atoms with Crippen LogP contribution in [0.3, 0.4) is 0 Å². The summed E-state index contributed by atoms with van der Waals surface area (Å²) in [5.41, 5.74) is 3.28. The van der Waals surface area contributed by atoms with Gasteiger partial charge in [-0.2, -0.15) is 0 Å². The minimum absolute atomic E-state index is 0.0541. The van der Waals surface area contributed by atoms with E-state index in [1.165, 1.54) is 17.8 Å². The number of anilines is 2. The molecule has 0 bridgehead atoms. The maximum Gasteiger partial charge on any atom is 0.256 e. The van der Waals surface area contributed by atoms with Gasteiger partial charge in [0.1, 0.15) is 11.2 Å². The number of aryl methyl sites for hydroxylation is 1. The van der Waals surface area contributed by atoms with E-state index in [1.54, 1.807) is 24.0 Å². The maximum atomic E-state index is 14.1. The van der Waals surface area contributed by atoms with Gasteiger partial charge in [0, 0.05) is 16.9 Å². The zero-order chi connectivity index (χ0) is 22.9. The molecule has 1 saturated heterocycles. The molecule has 1 fully saturated rings. The predicted molar refractivity (Wildman–Crippen MR) is 132 cm³/mol. The topological polar surface area (TPSA) is 49.4 Å². The van der Waals surface area contributed by atoms with Gasteiger partial charge in [0.05, 0.1) is 5.75 Å². The van der Waals surface area contributed by atoms with Crippen LogP contribution in [-0.4, -0.2) is 17.6 Å². The number of amides is 2. The minimum Gasteiger partial charge on any atom is -0.322 e. The quantitative estimate of drug-likeness (QED) is 0.391. The average molecular weight is 457 g/mol. The second-order valence-corrected chi connectivity index (χ2v) is 9.03. The van der Waals surface area contributed by atoms with E-state index in [0.29, 0.717) is 28.3 Å². The molecule has 0 saturated carbocycles. The van der Waals surface area contributed by atoms with E-state index in [4.69, 9.17) is 0 Å². The molecule has 4 aromatic rings. The third-order valence-electron chi connectivity index (χ3n) is 5.79. The van der Waals surface area contributed by atoms with Gasteiger partial charge < -0.3 is 5.32 Å². The molecule has 0 radical (unpaired) electrons. The van der Waals surface area contributed by atoms with Gasteiger partial charge in [-0.15, -0.1) is 11.8 Å². The summed E-state index contributed by atoms with van der Waals surface area (Å²) in [6.07, 6.45) is 0. The highest BCUT2D eigenvalue weighted by Crippen LogP contribution is 2.42. The summed E-state index contributed by atoms with van der Waals surface area (Å²) >= 11 is 1.50. The third-order valence-corrected chi connectivity index (χ3v) is 7.00. The lowest BCUT2D eigenvalue weighted by atomic mass is 10.0. The maximum absolute atomic E-state index is 14.1. The van der Waals surface area contributed by atoms with Gasteiger partial charge in [-0.3, -0.25) is 14.5 Å². The van der Waals surface area contributed by atoms with Crippen LogP contribution in [0.2, 0.25) is 0 Å². The first-order valence-electron chi connectivity index (χ1n) is 10.6. The number of rotatable bonds is 4. The summed E-state index contributed by atoms with van der Waals surface area (Å²) in [4.78, 5) is 27.1. The summed E-state index contributed by atoms with van der Waals surface area (Å²) in [6.45, 7) is 1.70. The molecule has 1 unspecified atom stereocenters. The highest BCUT2D eigenvalue weighted by atomic mass is 32.2. The molecule has 1 aliphatic rings. The highest BCUT2D eigenvalue weighted by molar-refractivity contribution is 8.00. The van der Waals surface area contributed by atoms with Crippen molar-refractivity contribution < 1.29 is 14.0 Å². The van der Waals surface area contributed by atoms with Crippen molar-refractivity contribution in [3.8, 4) is 0 Å². The Labute approximate surface area is 195 Å². The van der Waals surface area contributed by atoms with Crippen LogP contribution in [0.4, 0.5) is 15.8 Å². The predicted octanol–water partition coefficient (Wildman–Crippen LogP) is 6.32. The molecule has 164 valence electrons. The van der Waals surface area contributed by atoms with Crippen molar-refractivity contribution in [3.05, 3.63) is 107 Å². The van der Waals surface area contributed by atoms with Gasteiger partial charge in [-0.25, -0.2) is 4.39 Å². The Balaban J connectivity index is 1.37. The standard InChI is InChI=1S/C27H21FN2O2S/c1-17-9-14-21(15-24(17)28)30-25(31)16-33-27(30)19-10-12-20(13-11-19)29-26(32)23-8-4-6-18-5-2-3-7-22(18)23/h2-15,27H,16H2,1H3,(H,29,32). The molecule has 1 aliphatic heterocycles. The van der Waals surface area contributed by atoms with Crippen molar-refractivity contribution in [2.24, 2.45) is 0 Å². The molecule has 5 rings (SSSR count). The van der Waals surface area contributed by atoms with Crippen molar-refractivity contribution in [1.29, 1.82) is 0 Å². The van der Waals surface area contributed by atoms with Gasteiger partial charge in [0.15, 0.2) is 0 Å². The number of benzene rings is 4. The minimum atomic E-state index is -0.331. The molecule has 33 heavy (non-hydrogen) atoms. The number of nitrogens with zero attached hydrogens (tertiary/aromatic N) is 1. The van der Waals surface area contributed by atoms with Gasteiger partial charge in [0.2, 0.25) is 5.91 Å². The first-order chi connectivity index (χ1) is 16.0. The van der Waals surface area contributed by atoms with Gasteiger partial charge >= 0.3 is 0 Å². The van der Waals surface area contributed by atoms with E-state index in [0.717, 1.165) is 16.3 Å². The van der Waals surface area contributed by atoms with Crippen LogP contribution in [0.5, 0.6) is 0 Å². The second kappa shape index (κ2) is 8.71. The highest BCUT2D eigenvalue weighted by Gasteiger charge is 2.34. The largest absolute Gasteiger partial charge is 0.322 e. The zero-order valence-corrected chi connectivity index (χ0v) is 18.7. The number of halogens is 1. The Hall–Kier alpha value is -3.64. The molecule has 1 heterocycles. The Morgan fingerprint density at radius 2 is 1.76 bits per heavy atom. The molecule has 0 spiro atoms. The van der Waals surface area contributed by atoms with E-state index >= 15 is 0 Å².